The fourth-order valence-corrected chi connectivity index (χ4v) is 3.79. The van der Waals surface area contributed by atoms with Crippen molar-refractivity contribution in [2.45, 2.75) is 45.6 Å². The zero-order chi connectivity index (χ0) is 21.5. The maximum Gasteiger partial charge on any atom is 0.251 e. The number of ether oxygens (including phenoxy) is 2. The third-order valence-corrected chi connectivity index (χ3v) is 5.39. The van der Waals surface area contributed by atoms with Crippen LogP contribution in [0.3, 0.4) is 0 Å². The SMILES string of the molecule is COc1cc(C(=O)NCc2ccnc(C)c2)cc(NC(=O)C2CCCCC2)c1OC. The number of nitrogens with one attached hydrogen (secondary N) is 2. The number of nitrogens with zero attached hydrogens (tertiary/aromatic N) is 1. The Balaban J connectivity index is 1.79. The highest BCUT2D eigenvalue weighted by Crippen LogP contribution is 2.37. The Hall–Kier alpha value is -3.09. The molecular formula is C23H29N3O4. The summed E-state index contributed by atoms with van der Waals surface area (Å²) in [5, 5.41) is 5.85. The summed E-state index contributed by atoms with van der Waals surface area (Å²) in [5.41, 5.74) is 2.68. The first-order chi connectivity index (χ1) is 14.5. The second-order valence-electron chi connectivity index (χ2n) is 7.57. The average Bonchev–Trinajstić information content (AvgIpc) is 2.77. The van der Waals surface area contributed by atoms with E-state index >= 15 is 0 Å². The molecule has 0 aliphatic heterocycles. The van der Waals surface area contributed by atoms with Crippen LogP contribution in [0.25, 0.3) is 0 Å². The second-order valence-corrected chi connectivity index (χ2v) is 7.57. The number of benzene rings is 1. The molecule has 0 atom stereocenters. The van der Waals surface area contributed by atoms with Crippen molar-refractivity contribution in [2.24, 2.45) is 5.92 Å². The van der Waals surface area contributed by atoms with E-state index in [0.717, 1.165) is 36.9 Å². The smallest absolute Gasteiger partial charge is 0.251 e. The lowest BCUT2D eigenvalue weighted by Crippen LogP contribution is -2.26. The van der Waals surface area contributed by atoms with Crippen molar-refractivity contribution in [2.75, 3.05) is 19.5 Å². The van der Waals surface area contributed by atoms with Crippen LogP contribution in [-0.2, 0) is 11.3 Å². The lowest BCUT2D eigenvalue weighted by molar-refractivity contribution is -0.120. The van der Waals surface area contributed by atoms with Crippen molar-refractivity contribution < 1.29 is 19.1 Å². The van der Waals surface area contributed by atoms with Gasteiger partial charge < -0.3 is 20.1 Å². The largest absolute Gasteiger partial charge is 0.493 e. The fourth-order valence-electron chi connectivity index (χ4n) is 3.79. The highest BCUT2D eigenvalue weighted by Gasteiger charge is 2.24. The molecule has 3 rings (SSSR count). The van der Waals surface area contributed by atoms with Gasteiger partial charge in [-0.3, -0.25) is 14.6 Å². The van der Waals surface area contributed by atoms with Crippen molar-refractivity contribution >= 4 is 17.5 Å². The van der Waals surface area contributed by atoms with Crippen molar-refractivity contribution in [3.8, 4) is 11.5 Å². The number of methoxy groups -OCH3 is 2. The van der Waals surface area contributed by atoms with Gasteiger partial charge in [-0.05, 0) is 49.6 Å². The van der Waals surface area contributed by atoms with Crippen LogP contribution >= 0.6 is 0 Å². The monoisotopic (exact) mass is 411 g/mol. The molecule has 2 aromatic rings. The highest BCUT2D eigenvalue weighted by atomic mass is 16.5. The topological polar surface area (TPSA) is 89.5 Å². The predicted octanol–water partition coefficient (Wildman–Crippen LogP) is 3.86. The quantitative estimate of drug-likeness (QED) is 0.722. The molecule has 1 saturated carbocycles. The molecule has 0 unspecified atom stereocenters. The molecule has 1 fully saturated rings. The number of amides is 2. The van der Waals surface area contributed by atoms with Crippen LogP contribution < -0.4 is 20.1 Å². The molecule has 1 aliphatic rings. The summed E-state index contributed by atoms with van der Waals surface area (Å²) in [6.45, 7) is 2.28. The molecule has 160 valence electrons. The number of carbonyl (C=O) groups excluding carboxylic acids is 2. The first-order valence-electron chi connectivity index (χ1n) is 10.3. The number of pyridine rings is 1. The zero-order valence-corrected chi connectivity index (χ0v) is 17.8. The molecule has 0 spiro atoms. The van der Waals surface area contributed by atoms with Crippen LogP contribution in [0.15, 0.2) is 30.5 Å². The van der Waals surface area contributed by atoms with E-state index in [2.05, 4.69) is 15.6 Å². The van der Waals surface area contributed by atoms with Crippen LogP contribution in [0.4, 0.5) is 5.69 Å². The number of aryl methyl sites for hydroxylation is 1. The van der Waals surface area contributed by atoms with Gasteiger partial charge in [-0.25, -0.2) is 0 Å². The Morgan fingerprint density at radius 3 is 2.53 bits per heavy atom. The summed E-state index contributed by atoms with van der Waals surface area (Å²) in [4.78, 5) is 29.7. The van der Waals surface area contributed by atoms with Crippen LogP contribution in [0.1, 0.15) is 53.7 Å². The van der Waals surface area contributed by atoms with E-state index in [-0.39, 0.29) is 17.7 Å². The van der Waals surface area contributed by atoms with Gasteiger partial charge in [0.15, 0.2) is 11.5 Å². The zero-order valence-electron chi connectivity index (χ0n) is 17.8. The third kappa shape index (κ3) is 5.28. The molecule has 30 heavy (non-hydrogen) atoms. The van der Waals surface area contributed by atoms with Gasteiger partial charge in [0.1, 0.15) is 0 Å². The van der Waals surface area contributed by atoms with Gasteiger partial charge in [0.2, 0.25) is 5.91 Å². The summed E-state index contributed by atoms with van der Waals surface area (Å²) < 4.78 is 10.9. The molecule has 2 N–H and O–H groups in total. The normalized spacial score (nSPS) is 14.1. The van der Waals surface area contributed by atoms with E-state index in [9.17, 15) is 9.59 Å². The number of hydrogen-bond donors (Lipinski definition) is 2. The minimum absolute atomic E-state index is 0.0122. The van der Waals surface area contributed by atoms with E-state index in [1.807, 2.05) is 19.1 Å². The standard InChI is InChI=1S/C23H29N3O4/c1-15-11-16(9-10-24-15)14-25-22(27)18-12-19(21(30-3)20(13-18)29-2)26-23(28)17-7-5-4-6-8-17/h9-13,17H,4-8,14H2,1-3H3,(H,25,27)(H,26,28). The van der Waals surface area contributed by atoms with Gasteiger partial charge in [-0.1, -0.05) is 19.3 Å². The summed E-state index contributed by atoms with van der Waals surface area (Å²) in [6, 6.07) is 7.03. The van der Waals surface area contributed by atoms with E-state index in [4.69, 9.17) is 9.47 Å². The number of aromatic nitrogens is 1. The lowest BCUT2D eigenvalue weighted by atomic mass is 9.88. The number of carbonyl (C=O) groups is 2. The Labute approximate surface area is 177 Å². The van der Waals surface area contributed by atoms with Gasteiger partial charge in [0, 0.05) is 29.9 Å². The van der Waals surface area contributed by atoms with Crippen LogP contribution in [0.5, 0.6) is 11.5 Å². The van der Waals surface area contributed by atoms with Gasteiger partial charge in [-0.15, -0.1) is 0 Å². The molecule has 1 aromatic carbocycles. The highest BCUT2D eigenvalue weighted by molar-refractivity contribution is 6.00. The van der Waals surface area contributed by atoms with Crippen LogP contribution in [-0.4, -0.2) is 31.0 Å². The summed E-state index contributed by atoms with van der Waals surface area (Å²) in [6.07, 6.45) is 6.79. The molecule has 1 aliphatic carbocycles. The minimum Gasteiger partial charge on any atom is -0.493 e. The molecule has 1 heterocycles. The van der Waals surface area contributed by atoms with Crippen LogP contribution in [0, 0.1) is 12.8 Å². The Morgan fingerprint density at radius 2 is 1.87 bits per heavy atom. The minimum atomic E-state index is -0.265. The summed E-state index contributed by atoms with van der Waals surface area (Å²) >= 11 is 0. The van der Waals surface area contributed by atoms with Crippen LogP contribution in [0.2, 0.25) is 0 Å². The maximum absolute atomic E-state index is 12.8. The van der Waals surface area contributed by atoms with Gasteiger partial charge in [0.05, 0.1) is 19.9 Å². The summed E-state index contributed by atoms with van der Waals surface area (Å²) in [5.74, 6) is 0.479. The molecule has 0 radical (unpaired) electrons. The molecule has 0 saturated heterocycles. The van der Waals surface area contributed by atoms with E-state index < -0.39 is 0 Å². The first kappa shape index (κ1) is 21.6. The first-order valence-corrected chi connectivity index (χ1v) is 10.3. The third-order valence-electron chi connectivity index (χ3n) is 5.39. The van der Waals surface area contributed by atoms with Gasteiger partial charge >= 0.3 is 0 Å². The van der Waals surface area contributed by atoms with E-state index in [0.29, 0.717) is 29.3 Å². The predicted molar refractivity (Wildman–Crippen MR) is 115 cm³/mol. The maximum atomic E-state index is 12.8. The molecule has 0 bridgehead atoms. The molecule has 7 nitrogen and oxygen atoms in total. The number of hydrogen-bond acceptors (Lipinski definition) is 5. The molecule has 2 amide bonds. The fraction of sp³-hybridized carbons (Fsp3) is 0.435. The van der Waals surface area contributed by atoms with Crippen molar-refractivity contribution in [1.29, 1.82) is 0 Å². The average molecular weight is 412 g/mol. The van der Waals surface area contributed by atoms with E-state index in [1.54, 1.807) is 18.3 Å². The Morgan fingerprint density at radius 1 is 1.10 bits per heavy atom. The molecular weight excluding hydrogens is 382 g/mol. The molecule has 1 aromatic heterocycles. The number of anilines is 1. The molecule has 7 heteroatoms. The van der Waals surface area contributed by atoms with Gasteiger partial charge in [0.25, 0.3) is 5.91 Å². The Kier molecular flexibility index (Phi) is 7.27. The van der Waals surface area contributed by atoms with Crippen molar-refractivity contribution in [1.82, 2.24) is 10.3 Å². The lowest BCUT2D eigenvalue weighted by Gasteiger charge is -2.22. The number of rotatable bonds is 7. The summed E-state index contributed by atoms with van der Waals surface area (Å²) in [7, 11) is 3.02. The Bertz CT molecular complexity index is 907. The second kappa shape index (κ2) is 10.1. The van der Waals surface area contributed by atoms with E-state index in [1.165, 1.54) is 20.6 Å². The van der Waals surface area contributed by atoms with Gasteiger partial charge in [-0.2, -0.15) is 0 Å². The van der Waals surface area contributed by atoms with Crippen molar-refractivity contribution in [3.63, 3.8) is 0 Å². The van der Waals surface area contributed by atoms with Crippen molar-refractivity contribution in [3.05, 3.63) is 47.3 Å².